The molecular formula is C20H44O4. The van der Waals surface area contributed by atoms with Crippen LogP contribution in [0.4, 0.5) is 0 Å². The van der Waals surface area contributed by atoms with Gasteiger partial charge in [-0.2, -0.15) is 0 Å². The van der Waals surface area contributed by atoms with Crippen LogP contribution >= 0.6 is 0 Å². The Hall–Kier alpha value is -0.160. The van der Waals surface area contributed by atoms with E-state index < -0.39 is 0 Å². The van der Waals surface area contributed by atoms with E-state index in [2.05, 4.69) is 48.5 Å². The molecule has 4 heteroatoms. The highest BCUT2D eigenvalue weighted by atomic mass is 16.6. The monoisotopic (exact) mass is 348 g/mol. The summed E-state index contributed by atoms with van der Waals surface area (Å²) >= 11 is 0. The van der Waals surface area contributed by atoms with Gasteiger partial charge in [-0.3, -0.25) is 0 Å². The first-order chi connectivity index (χ1) is 11.1. The molecule has 0 radical (unpaired) electrons. The summed E-state index contributed by atoms with van der Waals surface area (Å²) in [5.41, 5.74) is -0.425. The van der Waals surface area contributed by atoms with Crippen molar-refractivity contribution in [1.29, 1.82) is 0 Å². The van der Waals surface area contributed by atoms with Gasteiger partial charge in [-0.1, -0.05) is 34.1 Å². The van der Waals surface area contributed by atoms with Gasteiger partial charge in [0.05, 0.1) is 44.2 Å². The van der Waals surface area contributed by atoms with Crippen LogP contribution in [0.2, 0.25) is 0 Å². The SMILES string of the molecule is CC.CCC(C)C(COCCOC)COC(C)(C)COC(C)(C)C. The molecule has 24 heavy (non-hydrogen) atoms. The van der Waals surface area contributed by atoms with Gasteiger partial charge in [0.2, 0.25) is 0 Å². The molecule has 0 aliphatic carbocycles. The highest BCUT2D eigenvalue weighted by molar-refractivity contribution is 4.73. The predicted molar refractivity (Wildman–Crippen MR) is 103 cm³/mol. The molecule has 0 heterocycles. The summed E-state index contributed by atoms with van der Waals surface area (Å²) in [5, 5.41) is 0. The molecule has 148 valence electrons. The van der Waals surface area contributed by atoms with Gasteiger partial charge < -0.3 is 18.9 Å². The zero-order valence-electron chi connectivity index (χ0n) is 18.0. The van der Waals surface area contributed by atoms with Crippen molar-refractivity contribution in [2.75, 3.05) is 40.1 Å². The standard InChI is InChI=1S/C18H38O4.C2H6/c1-9-15(2)16(12-20-11-10-19-8)13-21-18(6,7)14-22-17(3,4)5;1-2/h15-16H,9-14H2,1-8H3;1-2H3. The Balaban J connectivity index is 0. The van der Waals surface area contributed by atoms with Gasteiger partial charge in [-0.15, -0.1) is 0 Å². The second-order valence-electron chi connectivity index (χ2n) is 7.69. The van der Waals surface area contributed by atoms with Crippen molar-refractivity contribution in [2.24, 2.45) is 11.8 Å². The molecule has 0 aliphatic rings. The van der Waals surface area contributed by atoms with Gasteiger partial charge in [0.1, 0.15) is 0 Å². The third-order valence-corrected chi connectivity index (χ3v) is 3.75. The highest BCUT2D eigenvalue weighted by Crippen LogP contribution is 2.21. The lowest BCUT2D eigenvalue weighted by Gasteiger charge is -2.32. The fraction of sp³-hybridized carbons (Fsp3) is 1.00. The van der Waals surface area contributed by atoms with Crippen LogP contribution in [0.15, 0.2) is 0 Å². The number of methoxy groups -OCH3 is 1. The Bertz CT molecular complexity index is 271. The number of hydrogen-bond donors (Lipinski definition) is 0. The highest BCUT2D eigenvalue weighted by Gasteiger charge is 2.25. The maximum absolute atomic E-state index is 6.13. The molecule has 0 aromatic carbocycles. The van der Waals surface area contributed by atoms with Gasteiger partial charge >= 0.3 is 0 Å². The Kier molecular flexibility index (Phi) is 15.3. The van der Waals surface area contributed by atoms with Crippen LogP contribution in [0.3, 0.4) is 0 Å². The minimum absolute atomic E-state index is 0.139. The fourth-order valence-electron chi connectivity index (χ4n) is 1.85. The zero-order valence-corrected chi connectivity index (χ0v) is 18.0. The fourth-order valence-corrected chi connectivity index (χ4v) is 1.85. The Morgan fingerprint density at radius 3 is 1.92 bits per heavy atom. The first kappa shape index (κ1) is 26.1. The van der Waals surface area contributed by atoms with Crippen molar-refractivity contribution >= 4 is 0 Å². The van der Waals surface area contributed by atoms with Crippen LogP contribution in [0, 0.1) is 11.8 Å². The molecule has 0 saturated carbocycles. The number of hydrogen-bond acceptors (Lipinski definition) is 4. The molecule has 0 saturated heterocycles. The molecule has 0 fully saturated rings. The van der Waals surface area contributed by atoms with Crippen molar-refractivity contribution < 1.29 is 18.9 Å². The van der Waals surface area contributed by atoms with Gasteiger partial charge in [-0.25, -0.2) is 0 Å². The molecule has 0 rings (SSSR count). The molecule has 0 bridgehead atoms. The average Bonchev–Trinajstić information content (AvgIpc) is 2.53. The van der Waals surface area contributed by atoms with E-state index in [0.717, 1.165) is 6.42 Å². The lowest BCUT2D eigenvalue weighted by molar-refractivity contribution is -0.129. The van der Waals surface area contributed by atoms with Gasteiger partial charge in [-0.05, 0) is 40.5 Å². The van der Waals surface area contributed by atoms with Crippen LogP contribution < -0.4 is 0 Å². The van der Waals surface area contributed by atoms with Crippen LogP contribution in [0.1, 0.15) is 68.7 Å². The summed E-state index contributed by atoms with van der Waals surface area (Å²) in [6.45, 7) is 22.1. The van der Waals surface area contributed by atoms with Crippen LogP contribution in [0.5, 0.6) is 0 Å². The lowest BCUT2D eigenvalue weighted by Crippen LogP contribution is -2.38. The van der Waals surface area contributed by atoms with Gasteiger partial charge in [0, 0.05) is 13.0 Å². The van der Waals surface area contributed by atoms with Crippen LogP contribution in [0.25, 0.3) is 0 Å². The first-order valence-corrected chi connectivity index (χ1v) is 9.46. The van der Waals surface area contributed by atoms with E-state index in [1.54, 1.807) is 7.11 Å². The van der Waals surface area contributed by atoms with E-state index >= 15 is 0 Å². The summed E-state index contributed by atoms with van der Waals surface area (Å²) in [4.78, 5) is 0. The van der Waals surface area contributed by atoms with Crippen molar-refractivity contribution in [3.8, 4) is 0 Å². The third-order valence-electron chi connectivity index (χ3n) is 3.75. The van der Waals surface area contributed by atoms with E-state index in [0.29, 0.717) is 44.9 Å². The number of ether oxygens (including phenoxy) is 4. The summed E-state index contributed by atoms with van der Waals surface area (Å²) < 4.78 is 22.7. The predicted octanol–water partition coefficient (Wildman–Crippen LogP) is 4.95. The second kappa shape index (κ2) is 14.1. The van der Waals surface area contributed by atoms with Crippen molar-refractivity contribution in [3.63, 3.8) is 0 Å². The molecular weight excluding hydrogens is 304 g/mol. The minimum atomic E-state index is -0.286. The van der Waals surface area contributed by atoms with E-state index in [4.69, 9.17) is 18.9 Å². The van der Waals surface area contributed by atoms with Crippen LogP contribution in [-0.4, -0.2) is 51.3 Å². The Morgan fingerprint density at radius 1 is 0.875 bits per heavy atom. The Morgan fingerprint density at radius 2 is 1.46 bits per heavy atom. The molecule has 0 aromatic rings. The first-order valence-electron chi connectivity index (χ1n) is 9.46. The lowest BCUT2D eigenvalue weighted by atomic mass is 9.93. The largest absolute Gasteiger partial charge is 0.382 e. The molecule has 2 atom stereocenters. The van der Waals surface area contributed by atoms with Crippen molar-refractivity contribution in [2.45, 2.75) is 79.9 Å². The Labute approximate surface area is 151 Å². The zero-order chi connectivity index (χ0) is 19.2. The van der Waals surface area contributed by atoms with E-state index in [1.165, 1.54) is 0 Å². The smallest absolute Gasteiger partial charge is 0.0859 e. The van der Waals surface area contributed by atoms with E-state index in [-0.39, 0.29) is 11.2 Å². The molecule has 0 aromatic heterocycles. The normalized spacial score (nSPS) is 14.8. The molecule has 2 unspecified atom stereocenters. The molecule has 0 amide bonds. The van der Waals surface area contributed by atoms with Gasteiger partial charge in [0.15, 0.2) is 0 Å². The quantitative estimate of drug-likeness (QED) is 0.468. The molecule has 0 aliphatic heterocycles. The third kappa shape index (κ3) is 15.4. The molecule has 4 nitrogen and oxygen atoms in total. The molecule has 0 spiro atoms. The topological polar surface area (TPSA) is 36.9 Å². The van der Waals surface area contributed by atoms with Gasteiger partial charge in [0.25, 0.3) is 0 Å². The van der Waals surface area contributed by atoms with Crippen molar-refractivity contribution in [1.82, 2.24) is 0 Å². The summed E-state index contributed by atoms with van der Waals surface area (Å²) in [6.07, 6.45) is 1.13. The number of rotatable bonds is 12. The summed E-state index contributed by atoms with van der Waals surface area (Å²) in [5.74, 6) is 0.970. The second-order valence-corrected chi connectivity index (χ2v) is 7.69. The maximum atomic E-state index is 6.13. The van der Waals surface area contributed by atoms with E-state index in [1.807, 2.05) is 13.8 Å². The summed E-state index contributed by atoms with van der Waals surface area (Å²) in [7, 11) is 1.69. The van der Waals surface area contributed by atoms with Crippen molar-refractivity contribution in [3.05, 3.63) is 0 Å². The maximum Gasteiger partial charge on any atom is 0.0859 e. The average molecular weight is 349 g/mol. The molecule has 0 N–H and O–H groups in total. The summed E-state index contributed by atoms with van der Waals surface area (Å²) in [6, 6.07) is 0. The van der Waals surface area contributed by atoms with E-state index in [9.17, 15) is 0 Å². The minimum Gasteiger partial charge on any atom is -0.382 e. The van der Waals surface area contributed by atoms with Crippen LogP contribution in [-0.2, 0) is 18.9 Å².